The number of carbonyl (C=O) groups excluding carboxylic acids is 1. The maximum atomic E-state index is 9.88. The van der Waals surface area contributed by atoms with Crippen LogP contribution in [0.15, 0.2) is 0 Å². The fraction of sp³-hybridized carbons (Fsp3) is 0.500. The van der Waals surface area contributed by atoms with E-state index in [0.29, 0.717) is 4.31 Å². The molecule has 0 aromatic rings. The predicted octanol–water partition coefficient (Wildman–Crippen LogP) is 0.0711. The van der Waals surface area contributed by atoms with Crippen LogP contribution in [-0.4, -0.2) is 25.5 Å². The zero-order chi connectivity index (χ0) is 6.73. The fourth-order valence-corrected chi connectivity index (χ4v) is 0.345. The highest BCUT2D eigenvalue weighted by Crippen LogP contribution is 1.92. The quantitative estimate of drug-likeness (QED) is 0.307. The molecule has 0 aromatic heterocycles. The molecule has 0 bridgehead atoms. The lowest BCUT2D eigenvalue weighted by molar-refractivity contribution is 0.248. The first-order valence-corrected chi connectivity index (χ1v) is 2.99. The minimum Gasteiger partial charge on any atom is -0.755 e. The summed E-state index contributed by atoms with van der Waals surface area (Å²) in [5.74, 6) is 0. The van der Waals surface area contributed by atoms with Crippen LogP contribution in [0.25, 0.3) is 0 Å². The van der Waals surface area contributed by atoms with Crippen molar-refractivity contribution in [2.45, 2.75) is 0 Å². The average Bonchev–Trinajstić information content (AvgIpc) is 1.64. The van der Waals surface area contributed by atoms with Crippen molar-refractivity contribution in [2.24, 2.45) is 0 Å². The number of halogens is 1. The minimum absolute atomic E-state index is 0.377. The van der Waals surface area contributed by atoms with Crippen molar-refractivity contribution in [3.63, 3.8) is 0 Å². The van der Waals surface area contributed by atoms with Gasteiger partial charge in [0.1, 0.15) is 0 Å². The highest BCUT2D eigenvalue weighted by Gasteiger charge is 2.01. The lowest BCUT2D eigenvalue weighted by atomic mass is 11.2. The van der Waals surface area contributed by atoms with Crippen molar-refractivity contribution in [2.75, 3.05) is 7.05 Å². The Morgan fingerprint density at radius 2 is 2.25 bits per heavy atom. The summed E-state index contributed by atoms with van der Waals surface area (Å²) in [7, 11) is 1.05. The van der Waals surface area contributed by atoms with Crippen molar-refractivity contribution in [1.29, 1.82) is 0 Å². The van der Waals surface area contributed by atoms with Crippen molar-refractivity contribution >= 4 is 28.2 Å². The highest BCUT2D eigenvalue weighted by atomic mass is 35.5. The number of hydrogen-bond acceptors (Lipinski definition) is 3. The van der Waals surface area contributed by atoms with Crippen LogP contribution >= 0.6 is 11.6 Å². The number of rotatable bonds is 1. The fourth-order valence-electron chi connectivity index (χ4n) is 0.0586. The van der Waals surface area contributed by atoms with Gasteiger partial charge in [-0.3, -0.25) is 13.3 Å². The Kier molecular flexibility index (Phi) is 2.96. The van der Waals surface area contributed by atoms with E-state index in [1.807, 2.05) is 0 Å². The first-order chi connectivity index (χ1) is 3.55. The molecule has 0 aromatic carbocycles. The van der Waals surface area contributed by atoms with Crippen LogP contribution in [0.2, 0.25) is 0 Å². The van der Waals surface area contributed by atoms with Gasteiger partial charge in [-0.1, -0.05) is 0 Å². The van der Waals surface area contributed by atoms with Crippen LogP contribution < -0.4 is 0 Å². The third-order valence-corrected chi connectivity index (χ3v) is 1.44. The molecule has 0 aliphatic heterocycles. The van der Waals surface area contributed by atoms with Crippen LogP contribution in [-0.2, 0) is 11.3 Å². The molecule has 0 aliphatic rings. The molecular weight excluding hydrogens is 154 g/mol. The standard InChI is InChI=1S/C2H4ClNO3S/c1-4(2(3)5)8(6)7/h1H3,(H,6,7)/p-1. The Labute approximate surface area is 53.8 Å². The van der Waals surface area contributed by atoms with Gasteiger partial charge < -0.3 is 4.55 Å². The average molecular weight is 157 g/mol. The Morgan fingerprint density at radius 1 is 1.88 bits per heavy atom. The molecule has 48 valence electrons. The smallest absolute Gasteiger partial charge is 0.327 e. The molecule has 1 atom stereocenters. The van der Waals surface area contributed by atoms with Gasteiger partial charge in [0.25, 0.3) is 0 Å². The summed E-state index contributed by atoms with van der Waals surface area (Å²) in [6, 6.07) is 0. The Bertz CT molecular complexity index is 112. The van der Waals surface area contributed by atoms with Gasteiger partial charge in [0.05, 0.1) is 11.3 Å². The van der Waals surface area contributed by atoms with E-state index in [9.17, 15) is 13.6 Å². The number of hydrogen-bond donors (Lipinski definition) is 0. The molecule has 8 heavy (non-hydrogen) atoms. The molecule has 0 spiro atoms. The second-order valence-corrected chi connectivity index (χ2v) is 2.27. The summed E-state index contributed by atoms with van der Waals surface area (Å²) in [5.41, 5.74) is 0. The minimum atomic E-state index is -2.54. The van der Waals surface area contributed by atoms with Gasteiger partial charge in [-0.2, -0.15) is 0 Å². The summed E-state index contributed by atoms with van der Waals surface area (Å²) in [6.07, 6.45) is 0. The Morgan fingerprint density at radius 3 is 2.25 bits per heavy atom. The van der Waals surface area contributed by atoms with Gasteiger partial charge in [0.15, 0.2) is 0 Å². The van der Waals surface area contributed by atoms with E-state index in [-0.39, 0.29) is 0 Å². The van der Waals surface area contributed by atoms with Crippen LogP contribution in [0.1, 0.15) is 0 Å². The molecule has 0 saturated carbocycles. The van der Waals surface area contributed by atoms with Crippen LogP contribution in [0.4, 0.5) is 4.79 Å². The lowest BCUT2D eigenvalue weighted by Gasteiger charge is -2.14. The number of amides is 1. The molecule has 4 nitrogen and oxygen atoms in total. The van der Waals surface area contributed by atoms with Gasteiger partial charge >= 0.3 is 5.37 Å². The molecule has 0 rings (SSSR count). The molecule has 6 heteroatoms. The van der Waals surface area contributed by atoms with E-state index >= 15 is 0 Å². The molecule has 0 saturated heterocycles. The summed E-state index contributed by atoms with van der Waals surface area (Å²) < 4.78 is 19.9. The summed E-state index contributed by atoms with van der Waals surface area (Å²) in [5, 5.41) is -1.02. The van der Waals surface area contributed by atoms with Crippen molar-refractivity contribution in [3.8, 4) is 0 Å². The van der Waals surface area contributed by atoms with Gasteiger partial charge in [-0.25, -0.2) is 0 Å². The zero-order valence-electron chi connectivity index (χ0n) is 3.96. The number of carbonyl (C=O) groups is 1. The second kappa shape index (κ2) is 3.01. The van der Waals surface area contributed by atoms with E-state index in [2.05, 4.69) is 0 Å². The summed E-state index contributed by atoms with van der Waals surface area (Å²) in [4.78, 5) is 9.88. The maximum Gasteiger partial charge on any atom is 0.327 e. The second-order valence-electron chi connectivity index (χ2n) is 0.968. The van der Waals surface area contributed by atoms with Gasteiger partial charge in [0.2, 0.25) is 0 Å². The maximum absolute atomic E-state index is 9.88. The molecule has 0 radical (unpaired) electrons. The van der Waals surface area contributed by atoms with Crippen molar-refractivity contribution < 1.29 is 13.6 Å². The topological polar surface area (TPSA) is 60.4 Å². The molecule has 0 fully saturated rings. The molecule has 1 unspecified atom stereocenters. The lowest BCUT2D eigenvalue weighted by Crippen LogP contribution is -2.22. The van der Waals surface area contributed by atoms with Crippen LogP contribution in [0.5, 0.6) is 0 Å². The summed E-state index contributed by atoms with van der Waals surface area (Å²) in [6.45, 7) is 0. The Hall–Kier alpha value is -0.130. The molecule has 0 aliphatic carbocycles. The Balaban J connectivity index is 3.83. The van der Waals surface area contributed by atoms with E-state index in [4.69, 9.17) is 11.6 Å². The third-order valence-electron chi connectivity index (χ3n) is 0.471. The third kappa shape index (κ3) is 2.25. The van der Waals surface area contributed by atoms with Crippen LogP contribution in [0, 0.1) is 0 Å². The zero-order valence-corrected chi connectivity index (χ0v) is 5.53. The molecular formula is C2H3ClNO3S-. The van der Waals surface area contributed by atoms with E-state index < -0.39 is 16.6 Å². The predicted molar refractivity (Wildman–Crippen MR) is 27.9 cm³/mol. The van der Waals surface area contributed by atoms with Crippen molar-refractivity contribution in [1.82, 2.24) is 4.31 Å². The van der Waals surface area contributed by atoms with Gasteiger partial charge in [-0.05, 0) is 11.6 Å². The van der Waals surface area contributed by atoms with Gasteiger partial charge in [-0.15, -0.1) is 0 Å². The van der Waals surface area contributed by atoms with Gasteiger partial charge in [0, 0.05) is 7.05 Å². The highest BCUT2D eigenvalue weighted by molar-refractivity contribution is 7.77. The summed E-state index contributed by atoms with van der Waals surface area (Å²) >= 11 is 2.18. The number of nitrogens with zero attached hydrogens (tertiary/aromatic N) is 1. The molecule has 0 heterocycles. The van der Waals surface area contributed by atoms with Crippen molar-refractivity contribution in [3.05, 3.63) is 0 Å². The van der Waals surface area contributed by atoms with E-state index in [0.717, 1.165) is 7.05 Å². The first-order valence-electron chi connectivity index (χ1n) is 1.58. The van der Waals surface area contributed by atoms with E-state index in [1.54, 1.807) is 0 Å². The largest absolute Gasteiger partial charge is 0.755 e. The van der Waals surface area contributed by atoms with Crippen LogP contribution in [0.3, 0.4) is 0 Å². The molecule has 1 amide bonds. The normalized spacial score (nSPS) is 12.9. The van der Waals surface area contributed by atoms with E-state index in [1.165, 1.54) is 0 Å². The molecule has 0 N–H and O–H groups in total. The SMILES string of the molecule is CN(C(=O)Cl)S(=O)[O-]. The monoisotopic (exact) mass is 156 g/mol. The first kappa shape index (κ1) is 7.87.